The van der Waals surface area contributed by atoms with Gasteiger partial charge in [0.25, 0.3) is 0 Å². The minimum Gasteiger partial charge on any atom is -0.508 e. The van der Waals surface area contributed by atoms with Crippen LogP contribution in [0.5, 0.6) is 11.5 Å². The molecule has 3 rings (SSSR count). The van der Waals surface area contributed by atoms with Crippen molar-refractivity contribution in [3.63, 3.8) is 0 Å². The highest BCUT2D eigenvalue weighted by molar-refractivity contribution is 5.83. The zero-order chi connectivity index (χ0) is 14.7. The molecule has 1 saturated heterocycles. The Morgan fingerprint density at radius 1 is 1.05 bits per heavy atom. The van der Waals surface area contributed by atoms with E-state index in [4.69, 9.17) is 0 Å². The number of rotatable bonds is 3. The highest BCUT2D eigenvalue weighted by atomic mass is 16.3. The number of phenols is 2. The van der Waals surface area contributed by atoms with Crippen LogP contribution in [0.15, 0.2) is 23.3 Å². The molecule has 21 heavy (non-hydrogen) atoms. The van der Waals surface area contributed by atoms with Crippen molar-refractivity contribution in [1.82, 2.24) is 9.91 Å². The average molecular weight is 289 g/mol. The van der Waals surface area contributed by atoms with Crippen LogP contribution >= 0.6 is 0 Å². The van der Waals surface area contributed by atoms with Crippen molar-refractivity contribution in [3.05, 3.63) is 23.8 Å². The molecule has 1 heterocycles. The molecular formula is C16H23N3O2. The van der Waals surface area contributed by atoms with E-state index >= 15 is 0 Å². The maximum atomic E-state index is 9.73. The van der Waals surface area contributed by atoms with Crippen LogP contribution in [0.3, 0.4) is 0 Å². The summed E-state index contributed by atoms with van der Waals surface area (Å²) >= 11 is 0. The van der Waals surface area contributed by atoms with E-state index in [2.05, 4.69) is 15.0 Å². The number of phenolic OH excluding ortho intramolecular Hbond substituents is 2. The predicted molar refractivity (Wildman–Crippen MR) is 82.8 cm³/mol. The molecule has 0 spiro atoms. The summed E-state index contributed by atoms with van der Waals surface area (Å²) in [4.78, 5) is 2.59. The van der Waals surface area contributed by atoms with Gasteiger partial charge in [0.1, 0.15) is 11.5 Å². The third-order valence-electron chi connectivity index (χ3n) is 4.51. The molecule has 0 aromatic heterocycles. The Bertz CT molecular complexity index is 504. The molecule has 1 aliphatic carbocycles. The van der Waals surface area contributed by atoms with Crippen LogP contribution in [0.25, 0.3) is 0 Å². The standard InChI is InChI=1S/C16H23N3O2/c20-15-6-5-13(16(21)11-15)12-17-19-9-7-18(8-10-19)14-3-1-2-4-14/h5-6,11-12,14,20-21H,1-4,7-10H2/b17-12+. The van der Waals surface area contributed by atoms with E-state index in [-0.39, 0.29) is 11.5 Å². The van der Waals surface area contributed by atoms with E-state index in [0.717, 1.165) is 32.2 Å². The molecule has 2 aliphatic rings. The number of hydrazone groups is 1. The van der Waals surface area contributed by atoms with Gasteiger partial charge in [0.05, 0.1) is 6.21 Å². The second-order valence-electron chi connectivity index (χ2n) is 5.92. The van der Waals surface area contributed by atoms with Crippen molar-refractivity contribution in [1.29, 1.82) is 0 Å². The van der Waals surface area contributed by atoms with E-state index < -0.39 is 0 Å². The van der Waals surface area contributed by atoms with Crippen molar-refractivity contribution in [2.45, 2.75) is 31.7 Å². The molecule has 2 fully saturated rings. The zero-order valence-electron chi connectivity index (χ0n) is 12.3. The molecule has 0 bridgehead atoms. The van der Waals surface area contributed by atoms with Gasteiger partial charge >= 0.3 is 0 Å². The molecular weight excluding hydrogens is 266 g/mol. The Morgan fingerprint density at radius 3 is 2.43 bits per heavy atom. The van der Waals surface area contributed by atoms with Crippen molar-refractivity contribution < 1.29 is 10.2 Å². The van der Waals surface area contributed by atoms with Crippen LogP contribution in [-0.4, -0.2) is 58.6 Å². The topological polar surface area (TPSA) is 59.3 Å². The predicted octanol–water partition coefficient (Wildman–Crippen LogP) is 1.99. The smallest absolute Gasteiger partial charge is 0.128 e. The fourth-order valence-corrected chi connectivity index (χ4v) is 3.25. The van der Waals surface area contributed by atoms with Crippen molar-refractivity contribution in [2.75, 3.05) is 26.2 Å². The molecule has 0 unspecified atom stereocenters. The van der Waals surface area contributed by atoms with Gasteiger partial charge in [-0.1, -0.05) is 12.8 Å². The lowest BCUT2D eigenvalue weighted by Crippen LogP contribution is -2.47. The minimum absolute atomic E-state index is 0.0586. The monoisotopic (exact) mass is 289 g/mol. The lowest BCUT2D eigenvalue weighted by molar-refractivity contribution is 0.101. The summed E-state index contributed by atoms with van der Waals surface area (Å²) < 4.78 is 0. The maximum absolute atomic E-state index is 9.73. The Labute approximate surface area is 125 Å². The van der Waals surface area contributed by atoms with Crippen LogP contribution in [0.4, 0.5) is 0 Å². The van der Waals surface area contributed by atoms with E-state index in [0.29, 0.717) is 5.56 Å². The fourth-order valence-electron chi connectivity index (χ4n) is 3.25. The second kappa shape index (κ2) is 6.35. The van der Waals surface area contributed by atoms with Crippen molar-refractivity contribution >= 4 is 6.21 Å². The summed E-state index contributed by atoms with van der Waals surface area (Å²) in [5.74, 6) is 0.123. The summed E-state index contributed by atoms with van der Waals surface area (Å²) in [5.41, 5.74) is 0.631. The van der Waals surface area contributed by atoms with Gasteiger partial charge in [0, 0.05) is 43.9 Å². The summed E-state index contributed by atoms with van der Waals surface area (Å²) in [6.45, 7) is 4.02. The molecule has 1 aromatic rings. The molecule has 1 aliphatic heterocycles. The quantitative estimate of drug-likeness (QED) is 0.836. The van der Waals surface area contributed by atoms with E-state index in [1.807, 2.05) is 0 Å². The molecule has 5 nitrogen and oxygen atoms in total. The molecule has 114 valence electrons. The van der Waals surface area contributed by atoms with E-state index in [1.165, 1.54) is 31.7 Å². The number of piperazine rings is 1. The zero-order valence-corrected chi connectivity index (χ0v) is 12.3. The first-order valence-electron chi connectivity index (χ1n) is 7.77. The van der Waals surface area contributed by atoms with Gasteiger partial charge in [-0.25, -0.2) is 0 Å². The normalized spacial score (nSPS) is 21.4. The van der Waals surface area contributed by atoms with Gasteiger partial charge in [-0.2, -0.15) is 5.10 Å². The van der Waals surface area contributed by atoms with Gasteiger partial charge in [-0.15, -0.1) is 0 Å². The molecule has 1 saturated carbocycles. The van der Waals surface area contributed by atoms with Crippen LogP contribution in [-0.2, 0) is 0 Å². The summed E-state index contributed by atoms with van der Waals surface area (Å²) in [5, 5.41) is 25.5. The summed E-state index contributed by atoms with van der Waals surface area (Å²) in [6, 6.07) is 5.35. The molecule has 5 heteroatoms. The molecule has 1 aromatic carbocycles. The molecule has 0 radical (unpaired) electrons. The SMILES string of the molecule is Oc1ccc(/C=N/N2CCN(C3CCCC3)CC2)c(O)c1. The van der Waals surface area contributed by atoms with E-state index in [1.54, 1.807) is 18.3 Å². The van der Waals surface area contributed by atoms with Crippen LogP contribution in [0, 0.1) is 0 Å². The number of nitrogens with zero attached hydrogens (tertiary/aromatic N) is 3. The van der Waals surface area contributed by atoms with Crippen molar-refractivity contribution in [2.24, 2.45) is 5.10 Å². The first kappa shape index (κ1) is 14.2. The first-order valence-corrected chi connectivity index (χ1v) is 7.77. The Kier molecular flexibility index (Phi) is 4.29. The minimum atomic E-state index is 0.0586. The Balaban J connectivity index is 1.53. The molecule has 0 amide bonds. The molecule has 0 atom stereocenters. The average Bonchev–Trinajstić information content (AvgIpc) is 3.01. The van der Waals surface area contributed by atoms with Crippen LogP contribution < -0.4 is 0 Å². The summed E-state index contributed by atoms with van der Waals surface area (Å²) in [6.07, 6.45) is 7.13. The number of benzene rings is 1. The largest absolute Gasteiger partial charge is 0.508 e. The third kappa shape index (κ3) is 3.47. The van der Waals surface area contributed by atoms with Gasteiger partial charge < -0.3 is 10.2 Å². The Morgan fingerprint density at radius 2 is 1.76 bits per heavy atom. The third-order valence-corrected chi connectivity index (χ3v) is 4.51. The maximum Gasteiger partial charge on any atom is 0.128 e. The van der Waals surface area contributed by atoms with Gasteiger partial charge in [0.15, 0.2) is 0 Å². The number of aromatic hydroxyl groups is 2. The van der Waals surface area contributed by atoms with Gasteiger partial charge in [-0.05, 0) is 25.0 Å². The van der Waals surface area contributed by atoms with Gasteiger partial charge in [-0.3, -0.25) is 9.91 Å². The van der Waals surface area contributed by atoms with Crippen molar-refractivity contribution in [3.8, 4) is 11.5 Å². The van der Waals surface area contributed by atoms with E-state index in [9.17, 15) is 10.2 Å². The highest BCUT2D eigenvalue weighted by Gasteiger charge is 2.25. The lowest BCUT2D eigenvalue weighted by Gasteiger charge is -2.36. The Hall–Kier alpha value is -1.75. The number of hydrogen-bond acceptors (Lipinski definition) is 5. The van der Waals surface area contributed by atoms with Gasteiger partial charge in [0.2, 0.25) is 0 Å². The highest BCUT2D eigenvalue weighted by Crippen LogP contribution is 2.24. The fraction of sp³-hybridized carbons (Fsp3) is 0.562. The van der Waals surface area contributed by atoms with Crippen LogP contribution in [0.2, 0.25) is 0 Å². The number of hydrogen-bond donors (Lipinski definition) is 2. The lowest BCUT2D eigenvalue weighted by atomic mass is 10.2. The molecule has 2 N–H and O–H groups in total. The second-order valence-corrected chi connectivity index (χ2v) is 5.92. The summed E-state index contributed by atoms with van der Waals surface area (Å²) in [7, 11) is 0. The first-order chi connectivity index (χ1) is 10.2. The van der Waals surface area contributed by atoms with Crippen LogP contribution in [0.1, 0.15) is 31.2 Å².